The van der Waals surface area contributed by atoms with Gasteiger partial charge in [0.15, 0.2) is 0 Å². The molecule has 4 heteroatoms. The van der Waals surface area contributed by atoms with Crippen molar-refractivity contribution in [1.29, 1.82) is 0 Å². The van der Waals surface area contributed by atoms with Gasteiger partial charge in [-0.15, -0.1) is 0 Å². The number of benzene rings is 1. The minimum atomic E-state index is -0.456. The predicted molar refractivity (Wildman–Crippen MR) is 61.7 cm³/mol. The molecule has 0 saturated carbocycles. The molecule has 1 rings (SSSR count). The van der Waals surface area contributed by atoms with Gasteiger partial charge < -0.3 is 5.73 Å². The fraction of sp³-hybridized carbons (Fsp3) is 0.364. The van der Waals surface area contributed by atoms with E-state index in [0.717, 1.165) is 5.56 Å². The second-order valence-electron chi connectivity index (χ2n) is 3.71. The first-order valence-electron chi connectivity index (χ1n) is 4.81. The van der Waals surface area contributed by atoms with Gasteiger partial charge in [-0.05, 0) is 31.5 Å². The van der Waals surface area contributed by atoms with Gasteiger partial charge in [0.25, 0.3) is 0 Å². The summed E-state index contributed by atoms with van der Waals surface area (Å²) >= 11 is 5.77. The van der Waals surface area contributed by atoms with E-state index < -0.39 is 6.04 Å². The van der Waals surface area contributed by atoms with Crippen LogP contribution in [0, 0.1) is 0 Å². The lowest BCUT2D eigenvalue weighted by Gasteiger charge is -2.18. The van der Waals surface area contributed by atoms with Crippen molar-refractivity contribution in [3.05, 3.63) is 34.9 Å². The summed E-state index contributed by atoms with van der Waals surface area (Å²) in [6.45, 7) is 3.93. The molecule has 0 radical (unpaired) electrons. The smallest absolute Gasteiger partial charge is 0.239 e. The number of nitrogens with one attached hydrogen (secondary N) is 1. The van der Waals surface area contributed by atoms with Crippen molar-refractivity contribution in [2.75, 3.05) is 0 Å². The van der Waals surface area contributed by atoms with Gasteiger partial charge in [0.05, 0.1) is 0 Å². The van der Waals surface area contributed by atoms with E-state index in [4.69, 9.17) is 17.3 Å². The molecule has 3 N–H and O–H groups in total. The Morgan fingerprint density at radius 2 is 1.87 bits per heavy atom. The van der Waals surface area contributed by atoms with E-state index in [2.05, 4.69) is 5.32 Å². The molecular weight excluding hydrogens is 212 g/mol. The summed E-state index contributed by atoms with van der Waals surface area (Å²) in [5, 5.41) is 3.74. The number of carbonyl (C=O) groups is 1. The Morgan fingerprint density at radius 1 is 1.33 bits per heavy atom. The summed E-state index contributed by atoms with van der Waals surface area (Å²) in [7, 11) is 0. The van der Waals surface area contributed by atoms with E-state index in [1.165, 1.54) is 0 Å². The largest absolute Gasteiger partial charge is 0.368 e. The van der Waals surface area contributed by atoms with Gasteiger partial charge in [-0.2, -0.15) is 0 Å². The summed E-state index contributed by atoms with van der Waals surface area (Å²) in [5.41, 5.74) is 6.15. The molecule has 1 amide bonds. The van der Waals surface area contributed by atoms with Crippen LogP contribution in [0.4, 0.5) is 0 Å². The number of primary amides is 1. The molecule has 0 spiro atoms. The van der Waals surface area contributed by atoms with Crippen molar-refractivity contribution in [2.45, 2.75) is 25.9 Å². The van der Waals surface area contributed by atoms with Crippen LogP contribution in [0.3, 0.4) is 0 Å². The zero-order valence-electron chi connectivity index (χ0n) is 8.83. The first-order chi connectivity index (χ1) is 7.00. The Bertz CT molecular complexity index is 335. The monoisotopic (exact) mass is 226 g/mol. The van der Waals surface area contributed by atoms with E-state index in [1.54, 1.807) is 24.3 Å². The molecule has 0 aliphatic heterocycles. The van der Waals surface area contributed by atoms with E-state index in [1.807, 2.05) is 13.8 Å². The Kier molecular flexibility index (Phi) is 4.12. The summed E-state index contributed by atoms with van der Waals surface area (Å²) in [6.07, 6.45) is 0. The zero-order chi connectivity index (χ0) is 11.4. The number of nitrogens with two attached hydrogens (primary N) is 1. The molecule has 1 unspecified atom stereocenters. The number of halogens is 1. The summed E-state index contributed by atoms with van der Waals surface area (Å²) < 4.78 is 0. The lowest BCUT2D eigenvalue weighted by atomic mass is 10.1. The van der Waals surface area contributed by atoms with Crippen molar-refractivity contribution in [3.63, 3.8) is 0 Å². The Labute approximate surface area is 94.6 Å². The quantitative estimate of drug-likeness (QED) is 0.824. The standard InChI is InChI=1S/C11H15ClN2O/c1-7(2)14-10(11(13)15)8-3-5-9(12)6-4-8/h3-7,10,14H,1-2H3,(H2,13,15). The van der Waals surface area contributed by atoms with E-state index in [9.17, 15) is 4.79 Å². The highest BCUT2D eigenvalue weighted by molar-refractivity contribution is 6.30. The van der Waals surface area contributed by atoms with Gasteiger partial charge in [0.1, 0.15) is 6.04 Å². The number of amides is 1. The Hall–Kier alpha value is -1.06. The van der Waals surface area contributed by atoms with Crippen molar-refractivity contribution < 1.29 is 4.79 Å². The molecule has 1 aromatic rings. The van der Waals surface area contributed by atoms with Crippen LogP contribution in [0.25, 0.3) is 0 Å². The van der Waals surface area contributed by atoms with Gasteiger partial charge >= 0.3 is 0 Å². The summed E-state index contributed by atoms with van der Waals surface area (Å²) in [4.78, 5) is 11.2. The minimum absolute atomic E-state index is 0.193. The van der Waals surface area contributed by atoms with Gasteiger partial charge in [-0.25, -0.2) is 0 Å². The fourth-order valence-electron chi connectivity index (χ4n) is 1.33. The van der Waals surface area contributed by atoms with Crippen LogP contribution in [-0.2, 0) is 4.79 Å². The zero-order valence-corrected chi connectivity index (χ0v) is 9.58. The van der Waals surface area contributed by atoms with Gasteiger partial charge in [-0.1, -0.05) is 23.7 Å². The van der Waals surface area contributed by atoms with Gasteiger partial charge in [-0.3, -0.25) is 10.1 Å². The highest BCUT2D eigenvalue weighted by atomic mass is 35.5. The van der Waals surface area contributed by atoms with Crippen LogP contribution in [0.5, 0.6) is 0 Å². The molecule has 0 fully saturated rings. The molecule has 15 heavy (non-hydrogen) atoms. The lowest BCUT2D eigenvalue weighted by Crippen LogP contribution is -2.37. The Balaban J connectivity index is 2.89. The first kappa shape index (κ1) is 12.0. The van der Waals surface area contributed by atoms with Crippen molar-refractivity contribution in [2.24, 2.45) is 5.73 Å². The van der Waals surface area contributed by atoms with Crippen molar-refractivity contribution >= 4 is 17.5 Å². The maximum Gasteiger partial charge on any atom is 0.239 e. The number of hydrogen-bond acceptors (Lipinski definition) is 2. The fourth-order valence-corrected chi connectivity index (χ4v) is 1.46. The molecule has 0 heterocycles. The van der Waals surface area contributed by atoms with Gasteiger partial charge in [0, 0.05) is 11.1 Å². The number of rotatable bonds is 4. The van der Waals surface area contributed by atoms with Crippen molar-refractivity contribution in [3.8, 4) is 0 Å². The van der Waals surface area contributed by atoms with Crippen molar-refractivity contribution in [1.82, 2.24) is 5.32 Å². The van der Waals surface area contributed by atoms with Crippen LogP contribution in [0.1, 0.15) is 25.5 Å². The lowest BCUT2D eigenvalue weighted by molar-refractivity contribution is -0.120. The molecule has 0 aliphatic carbocycles. The average molecular weight is 227 g/mol. The van der Waals surface area contributed by atoms with Gasteiger partial charge in [0.2, 0.25) is 5.91 Å². The van der Waals surface area contributed by atoms with E-state index >= 15 is 0 Å². The summed E-state index contributed by atoms with van der Waals surface area (Å²) in [5.74, 6) is -0.383. The summed E-state index contributed by atoms with van der Waals surface area (Å²) in [6, 6.07) is 6.82. The molecule has 1 atom stereocenters. The maximum atomic E-state index is 11.2. The average Bonchev–Trinajstić information content (AvgIpc) is 2.15. The van der Waals surface area contributed by atoms with Crippen LogP contribution in [0.2, 0.25) is 5.02 Å². The molecule has 0 saturated heterocycles. The van der Waals surface area contributed by atoms with E-state index in [-0.39, 0.29) is 11.9 Å². The highest BCUT2D eigenvalue weighted by Gasteiger charge is 2.17. The second-order valence-corrected chi connectivity index (χ2v) is 4.14. The molecule has 0 bridgehead atoms. The molecule has 0 aliphatic rings. The Morgan fingerprint density at radius 3 is 2.27 bits per heavy atom. The van der Waals surface area contributed by atoms with E-state index in [0.29, 0.717) is 5.02 Å². The molecule has 1 aromatic carbocycles. The first-order valence-corrected chi connectivity index (χ1v) is 5.19. The third-order valence-electron chi connectivity index (χ3n) is 1.99. The van der Waals surface area contributed by atoms with Crippen LogP contribution in [0.15, 0.2) is 24.3 Å². The number of carbonyl (C=O) groups excluding carboxylic acids is 1. The SMILES string of the molecule is CC(C)NC(C(N)=O)c1ccc(Cl)cc1. The second kappa shape index (κ2) is 5.14. The normalized spacial score (nSPS) is 12.8. The molecule has 0 aromatic heterocycles. The molecular formula is C11H15ClN2O. The number of hydrogen-bond donors (Lipinski definition) is 2. The van der Waals surface area contributed by atoms with Crippen LogP contribution >= 0.6 is 11.6 Å². The third kappa shape index (κ3) is 3.53. The van der Waals surface area contributed by atoms with Crippen LogP contribution < -0.4 is 11.1 Å². The third-order valence-corrected chi connectivity index (χ3v) is 2.24. The predicted octanol–water partition coefficient (Wildman–Crippen LogP) is 1.86. The molecule has 82 valence electrons. The topological polar surface area (TPSA) is 55.1 Å². The molecule has 3 nitrogen and oxygen atoms in total. The maximum absolute atomic E-state index is 11.2. The van der Waals surface area contributed by atoms with Crippen LogP contribution in [-0.4, -0.2) is 11.9 Å². The minimum Gasteiger partial charge on any atom is -0.368 e. The highest BCUT2D eigenvalue weighted by Crippen LogP contribution is 2.16.